The summed E-state index contributed by atoms with van der Waals surface area (Å²) in [6.07, 6.45) is 1.57. The normalized spacial score (nSPS) is 10.5. The maximum Gasteiger partial charge on any atom is 0.251 e. The van der Waals surface area contributed by atoms with E-state index in [-0.39, 0.29) is 12.5 Å². The summed E-state index contributed by atoms with van der Waals surface area (Å²) >= 11 is 0. The summed E-state index contributed by atoms with van der Waals surface area (Å²) in [5.74, 6) is 0.985. The zero-order valence-electron chi connectivity index (χ0n) is 12.9. The number of anilines is 1. The molecule has 0 fully saturated rings. The lowest BCUT2D eigenvalue weighted by molar-refractivity contribution is 0.0950. The number of nitrogens with zero attached hydrogens (tertiary/aromatic N) is 2. The van der Waals surface area contributed by atoms with Gasteiger partial charge in [0.05, 0.1) is 12.8 Å². The molecule has 2 aromatic heterocycles. The SMILES string of the molecule is CN(C)c1cccc(C(=O)NCc2cc(-c3ccco3)on2)c1. The van der Waals surface area contributed by atoms with E-state index in [1.807, 2.05) is 37.2 Å². The zero-order valence-corrected chi connectivity index (χ0v) is 12.9. The van der Waals surface area contributed by atoms with Crippen LogP contribution in [0.25, 0.3) is 11.5 Å². The number of hydrogen-bond acceptors (Lipinski definition) is 5. The molecule has 0 bridgehead atoms. The van der Waals surface area contributed by atoms with Crippen LogP contribution in [0, 0.1) is 0 Å². The first kappa shape index (κ1) is 14.9. The number of amides is 1. The van der Waals surface area contributed by atoms with Crippen molar-refractivity contribution >= 4 is 11.6 Å². The van der Waals surface area contributed by atoms with Gasteiger partial charge < -0.3 is 19.2 Å². The van der Waals surface area contributed by atoms with Crippen LogP contribution in [0.4, 0.5) is 5.69 Å². The Morgan fingerprint density at radius 3 is 2.78 bits per heavy atom. The predicted molar refractivity (Wildman–Crippen MR) is 86.1 cm³/mol. The Kier molecular flexibility index (Phi) is 4.14. The highest BCUT2D eigenvalue weighted by Crippen LogP contribution is 2.20. The van der Waals surface area contributed by atoms with E-state index in [2.05, 4.69) is 10.5 Å². The third-order valence-corrected chi connectivity index (χ3v) is 3.38. The summed E-state index contributed by atoms with van der Waals surface area (Å²) < 4.78 is 10.4. The Morgan fingerprint density at radius 2 is 2.04 bits per heavy atom. The van der Waals surface area contributed by atoms with E-state index >= 15 is 0 Å². The van der Waals surface area contributed by atoms with Crippen molar-refractivity contribution in [3.8, 4) is 11.5 Å². The van der Waals surface area contributed by atoms with Crippen LogP contribution in [-0.4, -0.2) is 25.2 Å². The molecule has 23 heavy (non-hydrogen) atoms. The first-order valence-corrected chi connectivity index (χ1v) is 7.18. The highest BCUT2D eigenvalue weighted by Gasteiger charge is 2.11. The standard InChI is InChI=1S/C17H17N3O3/c1-20(2)14-6-3-5-12(9-14)17(21)18-11-13-10-16(23-19-13)15-7-4-8-22-15/h3-10H,11H2,1-2H3,(H,18,21). The second kappa shape index (κ2) is 6.39. The van der Waals surface area contributed by atoms with Gasteiger partial charge in [0, 0.05) is 31.4 Å². The largest absolute Gasteiger partial charge is 0.461 e. The summed E-state index contributed by atoms with van der Waals surface area (Å²) in [4.78, 5) is 14.2. The molecule has 0 aliphatic rings. The Hall–Kier alpha value is -3.02. The lowest BCUT2D eigenvalue weighted by Gasteiger charge is -2.13. The second-order valence-corrected chi connectivity index (χ2v) is 5.29. The van der Waals surface area contributed by atoms with Crippen molar-refractivity contribution in [1.82, 2.24) is 10.5 Å². The van der Waals surface area contributed by atoms with Crippen molar-refractivity contribution in [3.63, 3.8) is 0 Å². The number of rotatable bonds is 5. The first-order valence-electron chi connectivity index (χ1n) is 7.18. The highest BCUT2D eigenvalue weighted by atomic mass is 16.5. The molecule has 118 valence electrons. The molecule has 0 aliphatic heterocycles. The Bertz CT molecular complexity index is 791. The number of benzene rings is 1. The van der Waals surface area contributed by atoms with Crippen molar-refractivity contribution in [2.24, 2.45) is 0 Å². The zero-order chi connectivity index (χ0) is 16.2. The van der Waals surface area contributed by atoms with Crippen LogP contribution in [0.2, 0.25) is 0 Å². The fraction of sp³-hybridized carbons (Fsp3) is 0.176. The van der Waals surface area contributed by atoms with Crippen LogP contribution in [0.3, 0.4) is 0 Å². The molecule has 0 atom stereocenters. The molecule has 2 heterocycles. The predicted octanol–water partition coefficient (Wildman–Crippen LogP) is 2.93. The number of aromatic nitrogens is 1. The van der Waals surface area contributed by atoms with Gasteiger partial charge in [-0.3, -0.25) is 4.79 Å². The van der Waals surface area contributed by atoms with E-state index in [0.717, 1.165) is 5.69 Å². The number of furan rings is 1. The number of nitrogens with one attached hydrogen (secondary N) is 1. The molecular formula is C17H17N3O3. The minimum absolute atomic E-state index is 0.156. The fourth-order valence-corrected chi connectivity index (χ4v) is 2.13. The number of hydrogen-bond donors (Lipinski definition) is 1. The quantitative estimate of drug-likeness (QED) is 0.784. The van der Waals surface area contributed by atoms with Gasteiger partial charge >= 0.3 is 0 Å². The van der Waals surface area contributed by atoms with Crippen molar-refractivity contribution in [3.05, 3.63) is 60.0 Å². The van der Waals surface area contributed by atoms with Gasteiger partial charge in [-0.25, -0.2) is 0 Å². The molecule has 0 radical (unpaired) electrons. The molecule has 6 heteroatoms. The molecule has 0 spiro atoms. The lowest BCUT2D eigenvalue weighted by atomic mass is 10.2. The minimum Gasteiger partial charge on any atom is -0.461 e. The van der Waals surface area contributed by atoms with Crippen molar-refractivity contribution < 1.29 is 13.7 Å². The van der Waals surface area contributed by atoms with E-state index in [4.69, 9.17) is 8.94 Å². The van der Waals surface area contributed by atoms with Crippen LogP contribution < -0.4 is 10.2 Å². The summed E-state index contributed by atoms with van der Waals surface area (Å²) in [5, 5.41) is 6.76. The maximum atomic E-state index is 12.2. The summed E-state index contributed by atoms with van der Waals surface area (Å²) in [6.45, 7) is 0.287. The minimum atomic E-state index is -0.156. The molecule has 3 rings (SSSR count). The molecule has 3 aromatic rings. The first-order chi connectivity index (χ1) is 11.1. The summed E-state index contributed by atoms with van der Waals surface area (Å²) in [5.41, 5.74) is 2.21. The third kappa shape index (κ3) is 3.42. The van der Waals surface area contributed by atoms with Gasteiger partial charge in [-0.2, -0.15) is 0 Å². The Labute approximate surface area is 133 Å². The molecule has 0 saturated carbocycles. The molecule has 1 N–H and O–H groups in total. The van der Waals surface area contributed by atoms with E-state index in [9.17, 15) is 4.79 Å². The molecular weight excluding hydrogens is 294 g/mol. The average Bonchev–Trinajstić information content (AvgIpc) is 3.23. The van der Waals surface area contributed by atoms with E-state index in [1.54, 1.807) is 30.5 Å². The van der Waals surface area contributed by atoms with Crippen LogP contribution in [0.15, 0.2) is 57.7 Å². The smallest absolute Gasteiger partial charge is 0.251 e. The van der Waals surface area contributed by atoms with Crippen LogP contribution >= 0.6 is 0 Å². The van der Waals surface area contributed by atoms with Crippen molar-refractivity contribution in [2.75, 3.05) is 19.0 Å². The fourth-order valence-electron chi connectivity index (χ4n) is 2.13. The molecule has 6 nitrogen and oxygen atoms in total. The summed E-state index contributed by atoms with van der Waals surface area (Å²) in [7, 11) is 3.87. The van der Waals surface area contributed by atoms with Crippen molar-refractivity contribution in [1.29, 1.82) is 0 Å². The van der Waals surface area contributed by atoms with Gasteiger partial charge in [0.1, 0.15) is 5.69 Å². The summed E-state index contributed by atoms with van der Waals surface area (Å²) in [6, 6.07) is 12.7. The van der Waals surface area contributed by atoms with Gasteiger partial charge in [-0.15, -0.1) is 0 Å². The molecule has 1 aromatic carbocycles. The maximum absolute atomic E-state index is 12.2. The molecule has 0 aliphatic carbocycles. The van der Waals surface area contributed by atoms with Crippen LogP contribution in [-0.2, 0) is 6.54 Å². The average molecular weight is 311 g/mol. The van der Waals surface area contributed by atoms with E-state index < -0.39 is 0 Å². The van der Waals surface area contributed by atoms with Crippen LogP contribution in [0.1, 0.15) is 16.1 Å². The van der Waals surface area contributed by atoms with E-state index in [0.29, 0.717) is 22.8 Å². The molecule has 1 amide bonds. The lowest BCUT2D eigenvalue weighted by Crippen LogP contribution is -2.23. The van der Waals surface area contributed by atoms with Gasteiger partial charge in [0.25, 0.3) is 5.91 Å². The third-order valence-electron chi connectivity index (χ3n) is 3.38. The topological polar surface area (TPSA) is 71.5 Å². The number of carbonyl (C=O) groups excluding carboxylic acids is 1. The van der Waals surface area contributed by atoms with Gasteiger partial charge in [0.2, 0.25) is 5.76 Å². The Morgan fingerprint density at radius 1 is 1.17 bits per heavy atom. The van der Waals surface area contributed by atoms with Crippen LogP contribution in [0.5, 0.6) is 0 Å². The van der Waals surface area contributed by atoms with Gasteiger partial charge in [-0.1, -0.05) is 11.2 Å². The highest BCUT2D eigenvalue weighted by molar-refractivity contribution is 5.95. The Balaban J connectivity index is 1.64. The second-order valence-electron chi connectivity index (χ2n) is 5.29. The molecule has 0 saturated heterocycles. The van der Waals surface area contributed by atoms with Gasteiger partial charge in [0.15, 0.2) is 5.76 Å². The molecule has 0 unspecified atom stereocenters. The monoisotopic (exact) mass is 311 g/mol. The van der Waals surface area contributed by atoms with E-state index in [1.165, 1.54) is 0 Å². The number of carbonyl (C=O) groups is 1. The van der Waals surface area contributed by atoms with Gasteiger partial charge in [-0.05, 0) is 30.3 Å². The van der Waals surface area contributed by atoms with Crippen molar-refractivity contribution in [2.45, 2.75) is 6.54 Å².